The van der Waals surface area contributed by atoms with Crippen LogP contribution in [-0.2, 0) is 6.54 Å². The van der Waals surface area contributed by atoms with E-state index in [-0.39, 0.29) is 24.0 Å². The molecule has 2 atom stereocenters. The van der Waals surface area contributed by atoms with Crippen LogP contribution in [0, 0.1) is 5.92 Å². The zero-order chi connectivity index (χ0) is 22.1. The molecule has 1 aliphatic rings. The molecule has 1 saturated heterocycles. The fraction of sp³-hybridized carbons (Fsp3) is 0.583. The Morgan fingerprint density at radius 1 is 1.28 bits per heavy atom. The predicted molar refractivity (Wildman–Crippen MR) is 142 cm³/mol. The number of nitrogens with one attached hydrogen (secondary N) is 1. The second-order valence-electron chi connectivity index (χ2n) is 8.61. The van der Waals surface area contributed by atoms with Crippen LogP contribution in [0.3, 0.4) is 0 Å². The van der Waals surface area contributed by atoms with Gasteiger partial charge in [0.25, 0.3) is 0 Å². The fourth-order valence-electron chi connectivity index (χ4n) is 3.95. The molecule has 0 saturated carbocycles. The van der Waals surface area contributed by atoms with E-state index >= 15 is 0 Å². The Labute approximate surface area is 210 Å². The molecule has 1 N–H and O–H groups in total. The molecule has 8 heteroatoms. The van der Waals surface area contributed by atoms with Crippen LogP contribution in [0.1, 0.15) is 38.3 Å². The van der Waals surface area contributed by atoms with Gasteiger partial charge in [0, 0.05) is 38.6 Å². The van der Waals surface area contributed by atoms with E-state index in [1.54, 1.807) is 0 Å². The molecule has 7 nitrogen and oxygen atoms in total. The predicted octanol–water partition coefficient (Wildman–Crippen LogP) is 3.88. The number of ether oxygens (including phenoxy) is 1. The topological polar surface area (TPSA) is 57.9 Å². The van der Waals surface area contributed by atoms with Gasteiger partial charge < -0.3 is 24.4 Å². The minimum absolute atomic E-state index is 0. The first-order chi connectivity index (χ1) is 15.1. The summed E-state index contributed by atoms with van der Waals surface area (Å²) in [5.41, 5.74) is 1.19. The molecule has 2 unspecified atom stereocenters. The number of guanidine groups is 1. The van der Waals surface area contributed by atoms with Crippen LogP contribution in [0.4, 0.5) is 0 Å². The van der Waals surface area contributed by atoms with Crippen molar-refractivity contribution in [3.05, 3.63) is 48.5 Å². The lowest BCUT2D eigenvalue weighted by molar-refractivity contribution is 0.189. The molecule has 2 heterocycles. The Hall–Kier alpha value is -1.81. The summed E-state index contributed by atoms with van der Waals surface area (Å²) in [6.45, 7) is 9.73. The van der Waals surface area contributed by atoms with E-state index in [4.69, 9.17) is 9.73 Å². The molecular weight excluding hydrogens is 515 g/mol. The Morgan fingerprint density at radius 2 is 2.06 bits per heavy atom. The maximum atomic E-state index is 5.84. The molecule has 2 aromatic rings. The van der Waals surface area contributed by atoms with Crippen LogP contribution in [0.15, 0.2) is 48.0 Å². The average Bonchev–Trinajstić information content (AvgIpc) is 3.30. The molecule has 32 heavy (non-hydrogen) atoms. The molecule has 178 valence electrons. The van der Waals surface area contributed by atoms with Gasteiger partial charge in [-0.25, -0.2) is 9.98 Å². The monoisotopic (exact) mass is 554 g/mol. The summed E-state index contributed by atoms with van der Waals surface area (Å²) >= 11 is 0. The highest BCUT2D eigenvalue weighted by atomic mass is 127. The van der Waals surface area contributed by atoms with E-state index in [2.05, 4.69) is 70.9 Å². The first-order valence-electron chi connectivity index (χ1n) is 11.4. The van der Waals surface area contributed by atoms with Crippen molar-refractivity contribution in [2.75, 3.05) is 46.9 Å². The number of halogens is 1. The van der Waals surface area contributed by atoms with Gasteiger partial charge in [-0.05, 0) is 57.5 Å². The van der Waals surface area contributed by atoms with Crippen molar-refractivity contribution in [2.24, 2.45) is 10.9 Å². The average molecular weight is 555 g/mol. The SMILES string of the molecule is CCNC(=NCc1ccc(OCCCN(C)C)cc1)N1CCC(C)C(n2ccnc2)C1.I. The molecule has 0 radical (unpaired) electrons. The van der Waals surface area contributed by atoms with Crippen molar-refractivity contribution in [3.8, 4) is 5.75 Å². The first kappa shape index (κ1) is 26.4. The summed E-state index contributed by atoms with van der Waals surface area (Å²) in [5.74, 6) is 2.54. The highest BCUT2D eigenvalue weighted by Crippen LogP contribution is 2.27. The molecule has 0 amide bonds. The van der Waals surface area contributed by atoms with Crippen molar-refractivity contribution in [3.63, 3.8) is 0 Å². The van der Waals surface area contributed by atoms with Gasteiger partial charge in [-0.2, -0.15) is 0 Å². The van der Waals surface area contributed by atoms with Gasteiger partial charge in [0.05, 0.1) is 25.5 Å². The summed E-state index contributed by atoms with van der Waals surface area (Å²) < 4.78 is 8.07. The normalized spacial score (nSPS) is 19.0. The van der Waals surface area contributed by atoms with Crippen molar-refractivity contribution < 1.29 is 4.74 Å². The highest BCUT2D eigenvalue weighted by molar-refractivity contribution is 14.0. The molecule has 1 aliphatic heterocycles. The van der Waals surface area contributed by atoms with Gasteiger partial charge in [0.15, 0.2) is 5.96 Å². The lowest BCUT2D eigenvalue weighted by Gasteiger charge is -2.39. The largest absolute Gasteiger partial charge is 0.494 e. The van der Waals surface area contributed by atoms with Crippen LogP contribution in [0.5, 0.6) is 5.75 Å². The molecule has 3 rings (SSSR count). The Morgan fingerprint density at radius 3 is 2.72 bits per heavy atom. The Balaban J connectivity index is 0.00000363. The number of piperidine rings is 1. The van der Waals surface area contributed by atoms with Gasteiger partial charge in [-0.15, -0.1) is 24.0 Å². The number of aliphatic imine (C=N–C) groups is 1. The molecular formula is C24H39IN6O. The highest BCUT2D eigenvalue weighted by Gasteiger charge is 2.28. The van der Waals surface area contributed by atoms with E-state index in [0.717, 1.165) is 57.3 Å². The van der Waals surface area contributed by atoms with E-state index in [1.807, 2.05) is 24.7 Å². The minimum atomic E-state index is 0. The standard InChI is InChI=1S/C24H38N6O.HI/c1-5-26-24(29-14-11-20(2)23(18-29)30-15-12-25-19-30)27-17-21-7-9-22(10-8-21)31-16-6-13-28(3)4;/h7-10,12,15,19-20,23H,5-6,11,13-14,16-18H2,1-4H3,(H,26,27);1H. The third kappa shape index (κ3) is 7.95. The molecule has 1 aromatic heterocycles. The van der Waals surface area contributed by atoms with Crippen molar-refractivity contribution in [1.29, 1.82) is 0 Å². The number of nitrogens with zero attached hydrogens (tertiary/aromatic N) is 5. The summed E-state index contributed by atoms with van der Waals surface area (Å²) in [7, 11) is 4.17. The number of imidazole rings is 1. The van der Waals surface area contributed by atoms with Gasteiger partial charge in [-0.3, -0.25) is 0 Å². The first-order valence-corrected chi connectivity index (χ1v) is 11.4. The third-order valence-corrected chi connectivity index (χ3v) is 5.81. The van der Waals surface area contributed by atoms with E-state index in [1.165, 1.54) is 5.56 Å². The number of hydrogen-bond acceptors (Lipinski definition) is 4. The van der Waals surface area contributed by atoms with Crippen LogP contribution < -0.4 is 10.1 Å². The Bertz CT molecular complexity index is 793. The van der Waals surface area contributed by atoms with Crippen LogP contribution in [-0.4, -0.2) is 72.2 Å². The zero-order valence-electron chi connectivity index (χ0n) is 19.9. The smallest absolute Gasteiger partial charge is 0.194 e. The molecule has 0 spiro atoms. The van der Waals surface area contributed by atoms with E-state index < -0.39 is 0 Å². The summed E-state index contributed by atoms with van der Waals surface area (Å²) in [5, 5.41) is 3.48. The number of likely N-dealkylation sites (tertiary alicyclic amines) is 1. The number of benzene rings is 1. The molecule has 1 fully saturated rings. The lowest BCUT2D eigenvalue weighted by Crippen LogP contribution is -2.49. The summed E-state index contributed by atoms with van der Waals surface area (Å²) in [6.07, 6.45) is 8.03. The molecule has 0 bridgehead atoms. The number of hydrogen-bond donors (Lipinski definition) is 1. The minimum Gasteiger partial charge on any atom is -0.494 e. The maximum absolute atomic E-state index is 5.84. The van der Waals surface area contributed by atoms with Gasteiger partial charge in [0.1, 0.15) is 5.75 Å². The number of rotatable bonds is 9. The van der Waals surface area contributed by atoms with Gasteiger partial charge in [0.2, 0.25) is 0 Å². The van der Waals surface area contributed by atoms with Gasteiger partial charge >= 0.3 is 0 Å². The van der Waals surface area contributed by atoms with Crippen LogP contribution in [0.25, 0.3) is 0 Å². The van der Waals surface area contributed by atoms with E-state index in [9.17, 15) is 0 Å². The summed E-state index contributed by atoms with van der Waals surface area (Å²) in [6, 6.07) is 8.74. The quantitative estimate of drug-likeness (QED) is 0.221. The van der Waals surface area contributed by atoms with Gasteiger partial charge in [-0.1, -0.05) is 19.1 Å². The fourth-order valence-corrected chi connectivity index (χ4v) is 3.95. The lowest BCUT2D eigenvalue weighted by atomic mass is 9.93. The zero-order valence-corrected chi connectivity index (χ0v) is 22.2. The molecule has 1 aromatic carbocycles. The van der Waals surface area contributed by atoms with E-state index in [0.29, 0.717) is 18.5 Å². The maximum Gasteiger partial charge on any atom is 0.194 e. The second kappa shape index (κ2) is 13.7. The summed E-state index contributed by atoms with van der Waals surface area (Å²) in [4.78, 5) is 13.7. The van der Waals surface area contributed by atoms with Crippen molar-refractivity contribution in [1.82, 2.24) is 24.7 Å². The molecule has 0 aliphatic carbocycles. The van der Waals surface area contributed by atoms with Crippen LogP contribution >= 0.6 is 24.0 Å². The van der Waals surface area contributed by atoms with Crippen molar-refractivity contribution >= 4 is 29.9 Å². The van der Waals surface area contributed by atoms with Crippen molar-refractivity contribution in [2.45, 2.75) is 39.3 Å². The second-order valence-corrected chi connectivity index (χ2v) is 8.61. The van der Waals surface area contributed by atoms with Crippen LogP contribution in [0.2, 0.25) is 0 Å². The third-order valence-electron chi connectivity index (χ3n) is 5.81. The number of aromatic nitrogens is 2. The Kier molecular flexibility index (Phi) is 11.3.